The van der Waals surface area contributed by atoms with Crippen LogP contribution in [0, 0.1) is 0 Å². The van der Waals surface area contributed by atoms with Crippen LogP contribution in [0.25, 0.3) is 0 Å². The molecule has 0 saturated heterocycles. The number of hydrogen-bond acceptors (Lipinski definition) is 3. The lowest BCUT2D eigenvalue weighted by Gasteiger charge is -2.23. The molecule has 0 fully saturated rings. The Balaban J connectivity index is 2.69. The molecule has 4 nitrogen and oxygen atoms in total. The van der Waals surface area contributed by atoms with Gasteiger partial charge in [0, 0.05) is 31.9 Å². The largest absolute Gasteiger partial charge is 0.362 e. The summed E-state index contributed by atoms with van der Waals surface area (Å²) in [6.07, 6.45) is 1.02. The molecule has 4 heteroatoms. The van der Waals surface area contributed by atoms with Crippen molar-refractivity contribution in [3.05, 3.63) is 29.8 Å². The Morgan fingerprint density at radius 1 is 1.25 bits per heavy atom. The van der Waals surface area contributed by atoms with Crippen LogP contribution < -0.4 is 15.5 Å². The fourth-order valence-corrected chi connectivity index (χ4v) is 1.97. The molecule has 0 spiro atoms. The van der Waals surface area contributed by atoms with Gasteiger partial charge >= 0.3 is 0 Å². The van der Waals surface area contributed by atoms with Crippen LogP contribution >= 0.6 is 0 Å². The number of anilines is 1. The van der Waals surface area contributed by atoms with E-state index in [0.717, 1.165) is 25.2 Å². The Bertz CT molecular complexity index is 401. The van der Waals surface area contributed by atoms with E-state index in [1.165, 1.54) is 5.56 Å². The van der Waals surface area contributed by atoms with Crippen molar-refractivity contribution in [3.63, 3.8) is 0 Å². The van der Waals surface area contributed by atoms with Crippen LogP contribution in [-0.2, 0) is 11.3 Å². The van der Waals surface area contributed by atoms with Crippen LogP contribution in [0.4, 0.5) is 5.69 Å². The molecule has 1 rings (SSSR count). The van der Waals surface area contributed by atoms with E-state index < -0.39 is 0 Å². The van der Waals surface area contributed by atoms with E-state index in [1.807, 2.05) is 0 Å². The molecule has 0 unspecified atom stereocenters. The zero-order chi connectivity index (χ0) is 15.0. The summed E-state index contributed by atoms with van der Waals surface area (Å²) in [4.78, 5) is 13.7. The van der Waals surface area contributed by atoms with Gasteiger partial charge in [-0.15, -0.1) is 0 Å². The number of benzene rings is 1. The van der Waals surface area contributed by atoms with Gasteiger partial charge < -0.3 is 15.5 Å². The third kappa shape index (κ3) is 5.61. The fraction of sp³-hybridized carbons (Fsp3) is 0.562. The maximum atomic E-state index is 11.6. The summed E-state index contributed by atoms with van der Waals surface area (Å²) in [6.45, 7) is 8.57. The van der Waals surface area contributed by atoms with Crippen LogP contribution in [0.15, 0.2) is 24.3 Å². The smallest absolute Gasteiger partial charge is 0.239 e. The van der Waals surface area contributed by atoms with Crippen LogP contribution in [0.3, 0.4) is 0 Å². The molecule has 0 atom stereocenters. The zero-order valence-corrected chi connectivity index (χ0v) is 13.1. The van der Waals surface area contributed by atoms with Crippen molar-refractivity contribution in [2.24, 2.45) is 0 Å². The van der Waals surface area contributed by atoms with Gasteiger partial charge in [0.25, 0.3) is 0 Å². The van der Waals surface area contributed by atoms with E-state index in [4.69, 9.17) is 0 Å². The number of nitrogens with one attached hydrogen (secondary N) is 2. The Morgan fingerprint density at radius 3 is 2.40 bits per heavy atom. The first-order valence-electron chi connectivity index (χ1n) is 7.34. The minimum absolute atomic E-state index is 0.0454. The first-order chi connectivity index (χ1) is 9.56. The second-order valence-corrected chi connectivity index (χ2v) is 5.30. The van der Waals surface area contributed by atoms with Crippen LogP contribution in [0.1, 0.15) is 32.8 Å². The molecule has 0 aliphatic heterocycles. The van der Waals surface area contributed by atoms with E-state index in [9.17, 15) is 4.79 Å². The lowest BCUT2D eigenvalue weighted by Crippen LogP contribution is -2.36. The van der Waals surface area contributed by atoms with Gasteiger partial charge in [0.1, 0.15) is 0 Å². The SMILES string of the molecule is CCCN(CC(=O)NC)c1ccc(CNC(C)C)cc1. The minimum atomic E-state index is 0.0454. The second-order valence-electron chi connectivity index (χ2n) is 5.30. The number of amides is 1. The Kier molecular flexibility index (Phi) is 7.09. The number of rotatable bonds is 8. The molecule has 1 aromatic rings. The molecule has 0 heterocycles. The minimum Gasteiger partial charge on any atom is -0.362 e. The summed E-state index contributed by atoms with van der Waals surface area (Å²) in [5.41, 5.74) is 2.36. The van der Waals surface area contributed by atoms with Crippen molar-refractivity contribution in [1.82, 2.24) is 10.6 Å². The number of hydrogen-bond donors (Lipinski definition) is 2. The number of nitrogens with zero attached hydrogens (tertiary/aromatic N) is 1. The standard InChI is InChI=1S/C16H27N3O/c1-5-10-19(12-16(20)17-4)15-8-6-14(7-9-15)11-18-13(2)3/h6-9,13,18H,5,10-12H2,1-4H3,(H,17,20). The van der Waals surface area contributed by atoms with Crippen molar-refractivity contribution in [3.8, 4) is 0 Å². The third-order valence-corrected chi connectivity index (χ3v) is 3.12. The lowest BCUT2D eigenvalue weighted by molar-refractivity contribution is -0.119. The molecule has 0 saturated carbocycles. The average molecular weight is 277 g/mol. The number of carbonyl (C=O) groups excluding carboxylic acids is 1. The van der Waals surface area contributed by atoms with Crippen molar-refractivity contribution in [2.45, 2.75) is 39.8 Å². The summed E-state index contributed by atoms with van der Waals surface area (Å²) >= 11 is 0. The van der Waals surface area contributed by atoms with Crippen LogP contribution in [-0.4, -0.2) is 32.1 Å². The number of carbonyl (C=O) groups is 1. The first-order valence-corrected chi connectivity index (χ1v) is 7.34. The van der Waals surface area contributed by atoms with Gasteiger partial charge in [-0.3, -0.25) is 4.79 Å². The van der Waals surface area contributed by atoms with Gasteiger partial charge in [-0.25, -0.2) is 0 Å². The molecule has 112 valence electrons. The summed E-state index contributed by atoms with van der Waals surface area (Å²) in [7, 11) is 1.67. The molecule has 0 radical (unpaired) electrons. The summed E-state index contributed by atoms with van der Waals surface area (Å²) < 4.78 is 0. The normalized spacial score (nSPS) is 10.7. The zero-order valence-electron chi connectivity index (χ0n) is 13.1. The topological polar surface area (TPSA) is 44.4 Å². The van der Waals surface area contributed by atoms with E-state index in [-0.39, 0.29) is 5.91 Å². The van der Waals surface area contributed by atoms with Crippen LogP contribution in [0.2, 0.25) is 0 Å². The Morgan fingerprint density at radius 2 is 1.90 bits per heavy atom. The van der Waals surface area contributed by atoms with E-state index in [0.29, 0.717) is 12.6 Å². The highest BCUT2D eigenvalue weighted by molar-refractivity contribution is 5.81. The molecule has 1 aromatic carbocycles. The first kappa shape index (κ1) is 16.5. The van der Waals surface area contributed by atoms with Gasteiger partial charge in [0.05, 0.1) is 6.54 Å². The average Bonchev–Trinajstić information content (AvgIpc) is 2.45. The molecule has 0 bridgehead atoms. The van der Waals surface area contributed by atoms with Crippen molar-refractivity contribution in [1.29, 1.82) is 0 Å². The predicted molar refractivity (Wildman–Crippen MR) is 85.0 cm³/mol. The number of likely N-dealkylation sites (N-methyl/N-ethyl adjacent to an activating group) is 1. The summed E-state index contributed by atoms with van der Waals surface area (Å²) in [5, 5.41) is 6.08. The molecular formula is C16H27N3O. The fourth-order valence-electron chi connectivity index (χ4n) is 1.97. The van der Waals surface area contributed by atoms with Gasteiger partial charge in [0.15, 0.2) is 0 Å². The molecular weight excluding hydrogens is 250 g/mol. The van der Waals surface area contributed by atoms with Gasteiger partial charge in [-0.2, -0.15) is 0 Å². The summed E-state index contributed by atoms with van der Waals surface area (Å²) in [6, 6.07) is 8.92. The Labute approximate surface area is 122 Å². The van der Waals surface area contributed by atoms with Gasteiger partial charge in [-0.05, 0) is 24.1 Å². The monoisotopic (exact) mass is 277 g/mol. The highest BCUT2D eigenvalue weighted by atomic mass is 16.1. The molecule has 0 aromatic heterocycles. The maximum Gasteiger partial charge on any atom is 0.239 e. The van der Waals surface area contributed by atoms with Crippen molar-refractivity contribution < 1.29 is 4.79 Å². The van der Waals surface area contributed by atoms with Crippen molar-refractivity contribution in [2.75, 3.05) is 25.0 Å². The van der Waals surface area contributed by atoms with Crippen molar-refractivity contribution >= 4 is 11.6 Å². The van der Waals surface area contributed by atoms with E-state index >= 15 is 0 Å². The molecule has 1 amide bonds. The van der Waals surface area contributed by atoms with Crippen LogP contribution in [0.5, 0.6) is 0 Å². The predicted octanol–water partition coefficient (Wildman–Crippen LogP) is 2.15. The lowest BCUT2D eigenvalue weighted by atomic mass is 10.1. The quantitative estimate of drug-likeness (QED) is 0.765. The molecule has 2 N–H and O–H groups in total. The van der Waals surface area contributed by atoms with E-state index in [1.54, 1.807) is 7.05 Å². The highest BCUT2D eigenvalue weighted by Crippen LogP contribution is 2.15. The second kappa shape index (κ2) is 8.59. The molecule has 0 aliphatic rings. The Hall–Kier alpha value is -1.55. The summed E-state index contributed by atoms with van der Waals surface area (Å²) in [5.74, 6) is 0.0454. The van der Waals surface area contributed by atoms with Gasteiger partial charge in [-0.1, -0.05) is 32.9 Å². The maximum absolute atomic E-state index is 11.6. The molecule has 0 aliphatic carbocycles. The van der Waals surface area contributed by atoms with Gasteiger partial charge in [0.2, 0.25) is 5.91 Å². The highest BCUT2D eigenvalue weighted by Gasteiger charge is 2.09. The molecule has 20 heavy (non-hydrogen) atoms. The third-order valence-electron chi connectivity index (χ3n) is 3.12. The van der Waals surface area contributed by atoms with E-state index in [2.05, 4.69) is 60.6 Å².